The maximum atomic E-state index is 12.3. The number of aliphatic carboxylic acids is 1. The van der Waals surface area contributed by atoms with Crippen LogP contribution >= 0.6 is 11.3 Å². The highest BCUT2D eigenvalue weighted by Gasteiger charge is 2.37. The molecule has 0 aromatic carbocycles. The number of hydrogen-bond acceptors (Lipinski definition) is 5. The van der Waals surface area contributed by atoms with Gasteiger partial charge >= 0.3 is 5.97 Å². The third kappa shape index (κ3) is 2.73. The Morgan fingerprint density at radius 2 is 2.10 bits per heavy atom. The summed E-state index contributed by atoms with van der Waals surface area (Å²) in [6.07, 6.45) is 1.50. The van der Waals surface area contributed by atoms with Crippen LogP contribution in [0.4, 0.5) is 0 Å². The van der Waals surface area contributed by atoms with E-state index < -0.39 is 28.1 Å². The van der Waals surface area contributed by atoms with Crippen molar-refractivity contribution in [3.8, 4) is 0 Å². The highest BCUT2D eigenvalue weighted by atomic mass is 32.2. The fourth-order valence-electron chi connectivity index (χ4n) is 2.28. The Kier molecular flexibility index (Phi) is 3.57. The van der Waals surface area contributed by atoms with Gasteiger partial charge in [-0.15, -0.1) is 11.3 Å². The lowest BCUT2D eigenvalue weighted by atomic mass is 10.2. The molecule has 0 radical (unpaired) electrons. The quantitative estimate of drug-likeness (QED) is 0.849. The van der Waals surface area contributed by atoms with Crippen LogP contribution in [0.1, 0.15) is 30.1 Å². The van der Waals surface area contributed by atoms with Crippen molar-refractivity contribution in [2.45, 2.75) is 41.5 Å². The maximum Gasteiger partial charge on any atom is 0.334 e. The molecule has 1 aliphatic heterocycles. The summed E-state index contributed by atoms with van der Waals surface area (Å²) in [7, 11) is -3.67. The monoisotopic (exact) mass is 317 g/mol. The summed E-state index contributed by atoms with van der Waals surface area (Å²) in [4.78, 5) is 12.1. The first kappa shape index (κ1) is 14.0. The minimum absolute atomic E-state index is 0.246. The average Bonchev–Trinajstić information content (AvgIpc) is 2.91. The van der Waals surface area contributed by atoms with E-state index in [-0.39, 0.29) is 10.8 Å². The molecule has 8 heteroatoms. The Morgan fingerprint density at radius 3 is 2.75 bits per heavy atom. The number of thiophene rings is 1. The van der Waals surface area contributed by atoms with E-state index in [2.05, 4.69) is 4.72 Å². The molecular formula is C12H15NO5S2. The molecule has 2 atom stereocenters. The molecule has 110 valence electrons. The number of sulfonamides is 1. The Hall–Kier alpha value is -0.960. The second kappa shape index (κ2) is 5.10. The minimum atomic E-state index is -3.67. The summed E-state index contributed by atoms with van der Waals surface area (Å²) in [6.45, 7) is 0.252. The van der Waals surface area contributed by atoms with Crippen LogP contribution in [0.25, 0.3) is 0 Å². The molecular weight excluding hydrogens is 302 g/mol. The van der Waals surface area contributed by atoms with Gasteiger partial charge in [-0.25, -0.2) is 17.9 Å². The van der Waals surface area contributed by atoms with Crippen molar-refractivity contribution in [3.05, 3.63) is 17.0 Å². The fourth-order valence-corrected chi connectivity index (χ4v) is 5.06. The van der Waals surface area contributed by atoms with Gasteiger partial charge < -0.3 is 9.84 Å². The summed E-state index contributed by atoms with van der Waals surface area (Å²) < 4.78 is 32.3. The van der Waals surface area contributed by atoms with Gasteiger partial charge in [0, 0.05) is 11.5 Å². The first-order valence-electron chi connectivity index (χ1n) is 6.44. The van der Waals surface area contributed by atoms with Crippen molar-refractivity contribution in [3.63, 3.8) is 0 Å². The van der Waals surface area contributed by atoms with E-state index in [9.17, 15) is 13.2 Å². The van der Waals surface area contributed by atoms with Crippen LogP contribution in [0.5, 0.6) is 0 Å². The van der Waals surface area contributed by atoms with Gasteiger partial charge in [-0.3, -0.25) is 0 Å². The van der Waals surface area contributed by atoms with Crippen molar-refractivity contribution in [1.29, 1.82) is 0 Å². The van der Waals surface area contributed by atoms with Crippen molar-refractivity contribution < 1.29 is 23.1 Å². The predicted molar refractivity (Wildman–Crippen MR) is 72.4 cm³/mol. The van der Waals surface area contributed by atoms with Gasteiger partial charge in [0.05, 0.1) is 6.04 Å². The highest BCUT2D eigenvalue weighted by molar-refractivity contribution is 7.91. The third-order valence-electron chi connectivity index (χ3n) is 3.49. The molecule has 2 aliphatic rings. The van der Waals surface area contributed by atoms with Gasteiger partial charge in [-0.1, -0.05) is 0 Å². The number of rotatable bonds is 5. The normalized spacial score (nSPS) is 26.8. The van der Waals surface area contributed by atoms with E-state index in [1.165, 1.54) is 11.3 Å². The maximum absolute atomic E-state index is 12.3. The SMILES string of the molecule is O=C(O)[C@@H]1OCC[C@@H]1NS(=O)(=O)c1ccc(C2CC2)s1. The van der Waals surface area contributed by atoms with Gasteiger partial charge in [-0.05, 0) is 37.3 Å². The topological polar surface area (TPSA) is 92.7 Å². The van der Waals surface area contributed by atoms with E-state index in [1.54, 1.807) is 6.07 Å². The van der Waals surface area contributed by atoms with Gasteiger partial charge in [-0.2, -0.15) is 0 Å². The lowest BCUT2D eigenvalue weighted by Crippen LogP contribution is -2.43. The average molecular weight is 317 g/mol. The van der Waals surface area contributed by atoms with E-state index >= 15 is 0 Å². The number of carboxylic acids is 1. The first-order valence-corrected chi connectivity index (χ1v) is 8.74. The predicted octanol–water partition coefficient (Wildman–Crippen LogP) is 1.15. The van der Waals surface area contributed by atoms with Crippen LogP contribution in [-0.4, -0.2) is 38.2 Å². The lowest BCUT2D eigenvalue weighted by Gasteiger charge is -2.15. The molecule has 0 amide bonds. The first-order chi connectivity index (χ1) is 9.47. The molecule has 1 aromatic rings. The zero-order valence-corrected chi connectivity index (χ0v) is 12.2. The van der Waals surface area contributed by atoms with Crippen molar-refractivity contribution >= 4 is 27.3 Å². The number of hydrogen-bond donors (Lipinski definition) is 2. The summed E-state index contributed by atoms with van der Waals surface area (Å²) in [6, 6.07) is 2.73. The smallest absolute Gasteiger partial charge is 0.334 e. The molecule has 3 rings (SSSR count). The molecule has 1 saturated heterocycles. The second-order valence-electron chi connectivity index (χ2n) is 5.08. The van der Waals surface area contributed by atoms with Crippen molar-refractivity contribution in [1.82, 2.24) is 4.72 Å². The van der Waals surface area contributed by atoms with Gasteiger partial charge in [0.1, 0.15) is 4.21 Å². The second-order valence-corrected chi connectivity index (χ2v) is 8.13. The number of ether oxygens (including phenoxy) is 1. The molecule has 2 heterocycles. The summed E-state index contributed by atoms with van der Waals surface area (Å²) in [5, 5.41) is 8.98. The van der Waals surface area contributed by atoms with Crippen LogP contribution in [0, 0.1) is 0 Å². The standard InChI is InChI=1S/C12H15NO5S2/c14-12(15)11-8(5-6-18-11)13-20(16,17)10-4-3-9(19-10)7-1-2-7/h3-4,7-8,11,13H,1-2,5-6H2,(H,14,15)/t8-,11+/m0/s1. The summed E-state index contributed by atoms with van der Waals surface area (Å²) in [5.74, 6) is -0.634. The minimum Gasteiger partial charge on any atom is -0.479 e. The Balaban J connectivity index is 1.75. The molecule has 2 N–H and O–H groups in total. The molecule has 0 unspecified atom stereocenters. The Morgan fingerprint density at radius 1 is 1.35 bits per heavy atom. The van der Waals surface area contributed by atoms with Crippen LogP contribution in [-0.2, 0) is 19.6 Å². The van der Waals surface area contributed by atoms with Gasteiger partial charge in [0.2, 0.25) is 10.0 Å². The molecule has 1 aromatic heterocycles. The number of carbonyl (C=O) groups is 1. The molecule has 6 nitrogen and oxygen atoms in total. The lowest BCUT2D eigenvalue weighted by molar-refractivity contribution is -0.147. The molecule has 1 aliphatic carbocycles. The number of carboxylic acid groups (broad SMARTS) is 1. The third-order valence-corrected chi connectivity index (χ3v) is 6.72. The molecule has 0 bridgehead atoms. The zero-order valence-electron chi connectivity index (χ0n) is 10.6. The Bertz CT molecular complexity index is 620. The van der Waals surface area contributed by atoms with E-state index in [1.807, 2.05) is 6.07 Å². The fraction of sp³-hybridized carbons (Fsp3) is 0.583. The van der Waals surface area contributed by atoms with E-state index in [0.29, 0.717) is 12.3 Å². The van der Waals surface area contributed by atoms with Crippen LogP contribution in [0.2, 0.25) is 0 Å². The molecule has 20 heavy (non-hydrogen) atoms. The summed E-state index contributed by atoms with van der Waals surface area (Å²) >= 11 is 1.26. The Labute approximate surface area is 120 Å². The van der Waals surface area contributed by atoms with Crippen LogP contribution < -0.4 is 4.72 Å². The highest BCUT2D eigenvalue weighted by Crippen LogP contribution is 2.43. The van der Waals surface area contributed by atoms with Crippen LogP contribution in [0.3, 0.4) is 0 Å². The zero-order chi connectivity index (χ0) is 14.3. The van der Waals surface area contributed by atoms with Crippen molar-refractivity contribution in [2.24, 2.45) is 0 Å². The van der Waals surface area contributed by atoms with Crippen molar-refractivity contribution in [2.75, 3.05) is 6.61 Å². The van der Waals surface area contributed by atoms with E-state index in [4.69, 9.17) is 9.84 Å². The summed E-state index contributed by atoms with van der Waals surface area (Å²) in [5.41, 5.74) is 0. The van der Waals surface area contributed by atoms with E-state index in [0.717, 1.165) is 17.7 Å². The largest absolute Gasteiger partial charge is 0.479 e. The molecule has 1 saturated carbocycles. The molecule has 0 spiro atoms. The van der Waals surface area contributed by atoms with Gasteiger partial charge in [0.15, 0.2) is 6.10 Å². The molecule has 2 fully saturated rings. The number of nitrogens with one attached hydrogen (secondary N) is 1. The van der Waals surface area contributed by atoms with Gasteiger partial charge in [0.25, 0.3) is 0 Å². The van der Waals surface area contributed by atoms with Crippen LogP contribution in [0.15, 0.2) is 16.3 Å².